The second kappa shape index (κ2) is 6.93. The Morgan fingerprint density at radius 2 is 1.33 bits per heavy atom. The van der Waals surface area contributed by atoms with Crippen LogP contribution in [0.2, 0.25) is 0 Å². The van der Waals surface area contributed by atoms with E-state index >= 15 is 0 Å². The molecule has 0 N–H and O–H groups in total. The summed E-state index contributed by atoms with van der Waals surface area (Å²) in [4.78, 5) is 2.39. The average molecular weight is 354 g/mol. The first kappa shape index (κ1) is 16.2. The van der Waals surface area contributed by atoms with Crippen LogP contribution in [0.5, 0.6) is 0 Å². The van der Waals surface area contributed by atoms with Gasteiger partial charge < -0.3 is 14.2 Å². The van der Waals surface area contributed by atoms with E-state index in [-0.39, 0.29) is 0 Å². The van der Waals surface area contributed by atoms with Crippen LogP contribution in [0.1, 0.15) is 0 Å². The molecule has 0 spiro atoms. The van der Waals surface area contributed by atoms with Gasteiger partial charge in [0.25, 0.3) is 0 Å². The zero-order chi connectivity index (χ0) is 18.1. The summed E-state index contributed by atoms with van der Waals surface area (Å²) < 4.78 is 7.83. The van der Waals surface area contributed by atoms with Gasteiger partial charge in [-0.25, -0.2) is 0 Å². The van der Waals surface area contributed by atoms with Gasteiger partial charge in [0.1, 0.15) is 0 Å². The minimum atomic E-state index is 0.808. The number of aromatic nitrogens is 1. The van der Waals surface area contributed by atoms with Gasteiger partial charge in [0.2, 0.25) is 0 Å². The standard InChI is InChI=1S/C24H22N2O/c1-2-6-19(7-3-1)24-18-20-8-4-5-9-23(20)26(24)22-12-10-21(11-13-22)25-14-16-27-17-15-25/h1-13,18H,14-17H2. The summed E-state index contributed by atoms with van der Waals surface area (Å²) in [7, 11) is 0. The van der Waals surface area contributed by atoms with Crippen molar-refractivity contribution in [2.75, 3.05) is 31.2 Å². The summed E-state index contributed by atoms with van der Waals surface area (Å²) >= 11 is 0. The van der Waals surface area contributed by atoms with E-state index in [9.17, 15) is 0 Å². The first-order chi connectivity index (χ1) is 13.4. The monoisotopic (exact) mass is 354 g/mol. The van der Waals surface area contributed by atoms with Gasteiger partial charge in [-0.3, -0.25) is 0 Å². The lowest BCUT2D eigenvalue weighted by Gasteiger charge is -2.29. The molecule has 2 heterocycles. The van der Waals surface area contributed by atoms with Gasteiger partial charge in [0.15, 0.2) is 0 Å². The van der Waals surface area contributed by atoms with E-state index in [1.807, 2.05) is 0 Å². The van der Waals surface area contributed by atoms with Crippen LogP contribution in [0.3, 0.4) is 0 Å². The zero-order valence-electron chi connectivity index (χ0n) is 15.2. The van der Waals surface area contributed by atoms with Gasteiger partial charge in [0, 0.05) is 29.9 Å². The van der Waals surface area contributed by atoms with Crippen molar-refractivity contribution < 1.29 is 4.74 Å². The lowest BCUT2D eigenvalue weighted by atomic mass is 10.1. The molecule has 1 aliphatic rings. The predicted molar refractivity (Wildman–Crippen MR) is 112 cm³/mol. The van der Waals surface area contributed by atoms with E-state index in [0.717, 1.165) is 26.3 Å². The number of para-hydroxylation sites is 1. The molecule has 27 heavy (non-hydrogen) atoms. The largest absolute Gasteiger partial charge is 0.378 e. The van der Waals surface area contributed by atoms with Crippen molar-refractivity contribution in [3.63, 3.8) is 0 Å². The third kappa shape index (κ3) is 3.00. The van der Waals surface area contributed by atoms with E-state index in [2.05, 4.69) is 94.4 Å². The average Bonchev–Trinajstić information content (AvgIpc) is 3.15. The van der Waals surface area contributed by atoms with E-state index in [0.29, 0.717) is 0 Å². The van der Waals surface area contributed by atoms with E-state index < -0.39 is 0 Å². The van der Waals surface area contributed by atoms with Gasteiger partial charge in [-0.05, 0) is 42.0 Å². The molecule has 0 bridgehead atoms. The second-order valence-corrected chi connectivity index (χ2v) is 6.91. The summed E-state index contributed by atoms with van der Waals surface area (Å²) in [6.45, 7) is 3.53. The fourth-order valence-electron chi connectivity index (χ4n) is 3.89. The summed E-state index contributed by atoms with van der Waals surface area (Å²) in [6.07, 6.45) is 0. The molecular weight excluding hydrogens is 332 g/mol. The van der Waals surface area contributed by atoms with E-state index in [4.69, 9.17) is 4.74 Å². The molecule has 4 aromatic rings. The molecule has 0 radical (unpaired) electrons. The van der Waals surface area contributed by atoms with Crippen molar-refractivity contribution in [1.29, 1.82) is 0 Å². The first-order valence-corrected chi connectivity index (χ1v) is 9.49. The molecule has 1 aliphatic heterocycles. The van der Waals surface area contributed by atoms with Gasteiger partial charge in [-0.15, -0.1) is 0 Å². The molecule has 0 amide bonds. The van der Waals surface area contributed by atoms with Crippen molar-refractivity contribution in [3.8, 4) is 16.9 Å². The van der Waals surface area contributed by atoms with Crippen molar-refractivity contribution in [2.45, 2.75) is 0 Å². The Labute approximate surface area is 159 Å². The molecule has 3 nitrogen and oxygen atoms in total. The first-order valence-electron chi connectivity index (χ1n) is 9.49. The number of hydrogen-bond donors (Lipinski definition) is 0. The Balaban J connectivity index is 1.61. The maximum absolute atomic E-state index is 5.47. The molecule has 1 fully saturated rings. The van der Waals surface area contributed by atoms with Crippen molar-refractivity contribution in [1.82, 2.24) is 4.57 Å². The van der Waals surface area contributed by atoms with Crippen LogP contribution in [-0.2, 0) is 4.74 Å². The number of ether oxygens (including phenoxy) is 1. The fourth-order valence-corrected chi connectivity index (χ4v) is 3.89. The number of rotatable bonds is 3. The lowest BCUT2D eigenvalue weighted by molar-refractivity contribution is 0.122. The zero-order valence-corrected chi connectivity index (χ0v) is 15.2. The van der Waals surface area contributed by atoms with Crippen LogP contribution in [0.4, 0.5) is 5.69 Å². The van der Waals surface area contributed by atoms with Gasteiger partial charge in [-0.2, -0.15) is 0 Å². The van der Waals surface area contributed by atoms with Crippen LogP contribution in [0.15, 0.2) is 84.9 Å². The number of anilines is 1. The van der Waals surface area contributed by atoms with E-state index in [1.54, 1.807) is 0 Å². The lowest BCUT2D eigenvalue weighted by Crippen LogP contribution is -2.36. The third-order valence-electron chi connectivity index (χ3n) is 5.26. The number of morpholine rings is 1. The highest BCUT2D eigenvalue weighted by Crippen LogP contribution is 2.32. The van der Waals surface area contributed by atoms with Crippen molar-refractivity contribution >= 4 is 16.6 Å². The summed E-state index contributed by atoms with van der Waals surface area (Å²) in [5.41, 5.74) is 6.13. The van der Waals surface area contributed by atoms with E-state index in [1.165, 1.54) is 33.5 Å². The SMILES string of the molecule is c1ccc(-c2cc3ccccc3n2-c2ccc(N3CCOCC3)cc2)cc1. The van der Waals surface area contributed by atoms with Crippen LogP contribution in [0.25, 0.3) is 27.8 Å². The minimum Gasteiger partial charge on any atom is -0.378 e. The summed E-state index contributed by atoms with van der Waals surface area (Å²) in [6, 6.07) is 30.4. The normalized spacial score (nSPS) is 14.6. The number of benzene rings is 3. The molecule has 1 aromatic heterocycles. The quantitative estimate of drug-likeness (QED) is 0.507. The molecule has 1 saturated heterocycles. The third-order valence-corrected chi connectivity index (χ3v) is 5.26. The molecule has 0 unspecified atom stereocenters. The van der Waals surface area contributed by atoms with Crippen LogP contribution >= 0.6 is 0 Å². The Kier molecular flexibility index (Phi) is 4.15. The molecule has 5 rings (SSSR count). The molecule has 0 aliphatic carbocycles. The molecule has 0 saturated carbocycles. The Hall–Kier alpha value is -3.04. The van der Waals surface area contributed by atoms with Crippen molar-refractivity contribution in [2.24, 2.45) is 0 Å². The second-order valence-electron chi connectivity index (χ2n) is 6.91. The van der Waals surface area contributed by atoms with Crippen LogP contribution in [-0.4, -0.2) is 30.9 Å². The topological polar surface area (TPSA) is 17.4 Å². The highest BCUT2D eigenvalue weighted by Gasteiger charge is 2.14. The Bertz CT molecular complexity index is 1040. The van der Waals surface area contributed by atoms with Gasteiger partial charge in [0.05, 0.1) is 24.4 Å². The molecule has 3 aromatic carbocycles. The number of fused-ring (bicyclic) bond motifs is 1. The van der Waals surface area contributed by atoms with Crippen LogP contribution < -0.4 is 4.90 Å². The van der Waals surface area contributed by atoms with Crippen LogP contribution in [0, 0.1) is 0 Å². The molecule has 134 valence electrons. The maximum Gasteiger partial charge on any atom is 0.0642 e. The number of hydrogen-bond acceptors (Lipinski definition) is 2. The predicted octanol–water partition coefficient (Wildman–Crippen LogP) is 5.13. The minimum absolute atomic E-state index is 0.808. The fraction of sp³-hybridized carbons (Fsp3) is 0.167. The summed E-state index contributed by atoms with van der Waals surface area (Å²) in [5, 5.41) is 1.26. The maximum atomic E-state index is 5.47. The Morgan fingerprint density at radius 1 is 0.667 bits per heavy atom. The highest BCUT2D eigenvalue weighted by atomic mass is 16.5. The highest BCUT2D eigenvalue weighted by molar-refractivity contribution is 5.89. The van der Waals surface area contributed by atoms with Gasteiger partial charge >= 0.3 is 0 Å². The molecule has 3 heteroatoms. The summed E-state index contributed by atoms with van der Waals surface area (Å²) in [5.74, 6) is 0. The molecule has 0 atom stereocenters. The van der Waals surface area contributed by atoms with Gasteiger partial charge in [-0.1, -0.05) is 48.5 Å². The van der Waals surface area contributed by atoms with Crippen molar-refractivity contribution in [3.05, 3.63) is 84.9 Å². The Morgan fingerprint density at radius 3 is 2.11 bits per heavy atom. The number of nitrogens with zero attached hydrogens (tertiary/aromatic N) is 2. The smallest absolute Gasteiger partial charge is 0.0642 e. The molecular formula is C24H22N2O.